The predicted molar refractivity (Wildman–Crippen MR) is 51.7 cm³/mol. The maximum absolute atomic E-state index is 11.4. The van der Waals surface area contributed by atoms with Crippen LogP contribution in [0.5, 0.6) is 0 Å². The van der Waals surface area contributed by atoms with E-state index in [0.717, 1.165) is 25.1 Å². The fraction of sp³-hybridized carbons (Fsp3) is 0.500. The molecule has 2 N–H and O–H groups in total. The molecule has 0 bridgehead atoms. The molecule has 1 aliphatic rings. The first-order chi connectivity index (χ1) is 6.33. The van der Waals surface area contributed by atoms with Crippen LogP contribution in [-0.2, 0) is 6.54 Å². The first-order valence-corrected chi connectivity index (χ1v) is 4.73. The van der Waals surface area contributed by atoms with Crippen molar-refractivity contribution in [2.45, 2.75) is 25.3 Å². The second kappa shape index (κ2) is 3.34. The molecule has 1 atom stereocenters. The van der Waals surface area contributed by atoms with Gasteiger partial charge in [0.25, 0.3) is 5.56 Å². The Morgan fingerprint density at radius 3 is 3.15 bits per heavy atom. The van der Waals surface area contributed by atoms with Gasteiger partial charge in [0.15, 0.2) is 0 Å². The molecule has 0 saturated carbocycles. The van der Waals surface area contributed by atoms with Crippen LogP contribution in [0.4, 0.5) is 0 Å². The van der Waals surface area contributed by atoms with E-state index in [-0.39, 0.29) is 5.56 Å². The van der Waals surface area contributed by atoms with Gasteiger partial charge in [0.05, 0.1) is 0 Å². The van der Waals surface area contributed by atoms with Crippen LogP contribution in [-0.4, -0.2) is 11.1 Å². The van der Waals surface area contributed by atoms with Crippen LogP contribution in [0.3, 0.4) is 0 Å². The number of hydrogen-bond acceptors (Lipinski definition) is 2. The summed E-state index contributed by atoms with van der Waals surface area (Å²) in [7, 11) is 0. The summed E-state index contributed by atoms with van der Waals surface area (Å²) >= 11 is 0. The largest absolute Gasteiger partial charge is 0.330 e. The molecule has 1 aromatic rings. The van der Waals surface area contributed by atoms with E-state index in [1.54, 1.807) is 6.07 Å². The Morgan fingerprint density at radius 2 is 2.38 bits per heavy atom. The summed E-state index contributed by atoms with van der Waals surface area (Å²) in [6.07, 6.45) is 2.18. The van der Waals surface area contributed by atoms with Gasteiger partial charge >= 0.3 is 0 Å². The molecule has 0 spiro atoms. The van der Waals surface area contributed by atoms with Gasteiger partial charge in [-0.25, -0.2) is 0 Å². The van der Waals surface area contributed by atoms with Crippen molar-refractivity contribution < 1.29 is 0 Å². The lowest BCUT2D eigenvalue weighted by molar-refractivity contribution is 0.445. The summed E-state index contributed by atoms with van der Waals surface area (Å²) in [6, 6.07) is 5.45. The molecule has 3 nitrogen and oxygen atoms in total. The maximum Gasteiger partial charge on any atom is 0.250 e. The monoisotopic (exact) mass is 178 g/mol. The van der Waals surface area contributed by atoms with Crippen LogP contribution in [0.25, 0.3) is 0 Å². The van der Waals surface area contributed by atoms with Crippen LogP contribution in [0.2, 0.25) is 0 Å². The van der Waals surface area contributed by atoms with Crippen LogP contribution >= 0.6 is 0 Å². The molecule has 1 aliphatic heterocycles. The van der Waals surface area contributed by atoms with E-state index in [9.17, 15) is 4.79 Å². The summed E-state index contributed by atoms with van der Waals surface area (Å²) in [5.74, 6) is 0.377. The maximum atomic E-state index is 11.4. The zero-order valence-electron chi connectivity index (χ0n) is 7.57. The number of nitrogens with zero attached hydrogens (tertiary/aromatic N) is 1. The third-order valence-electron chi connectivity index (χ3n) is 2.72. The van der Waals surface area contributed by atoms with Crippen LogP contribution in [0, 0.1) is 0 Å². The van der Waals surface area contributed by atoms with Crippen molar-refractivity contribution in [1.82, 2.24) is 4.57 Å². The molecule has 70 valence electrons. The van der Waals surface area contributed by atoms with Crippen molar-refractivity contribution in [3.63, 3.8) is 0 Å². The Bertz CT molecular complexity index is 356. The third-order valence-corrected chi connectivity index (χ3v) is 2.72. The Labute approximate surface area is 77.2 Å². The van der Waals surface area contributed by atoms with Gasteiger partial charge in [0.2, 0.25) is 0 Å². The lowest BCUT2D eigenvalue weighted by Crippen LogP contribution is -2.30. The molecular weight excluding hydrogens is 164 g/mol. The van der Waals surface area contributed by atoms with Gasteiger partial charge in [-0.2, -0.15) is 0 Å². The van der Waals surface area contributed by atoms with Crippen molar-refractivity contribution in [3.8, 4) is 0 Å². The van der Waals surface area contributed by atoms with E-state index in [4.69, 9.17) is 5.73 Å². The van der Waals surface area contributed by atoms with Gasteiger partial charge in [-0.05, 0) is 18.9 Å². The topological polar surface area (TPSA) is 48.0 Å². The van der Waals surface area contributed by atoms with E-state index in [0.29, 0.717) is 12.5 Å². The molecule has 2 rings (SSSR count). The molecule has 3 heteroatoms. The highest BCUT2D eigenvalue weighted by Crippen LogP contribution is 2.23. The first kappa shape index (κ1) is 8.51. The standard InChI is InChI=1S/C10H14N2O/c11-7-8-3-2-6-12-9(8)4-1-5-10(12)13/h1,4-5,8H,2-3,6-7,11H2. The summed E-state index contributed by atoms with van der Waals surface area (Å²) in [5, 5.41) is 0. The van der Waals surface area contributed by atoms with Crippen LogP contribution < -0.4 is 11.3 Å². The molecular formula is C10H14N2O. The lowest BCUT2D eigenvalue weighted by atomic mass is 9.95. The number of aromatic nitrogens is 1. The summed E-state index contributed by atoms with van der Waals surface area (Å²) in [4.78, 5) is 11.4. The minimum absolute atomic E-state index is 0.107. The minimum atomic E-state index is 0.107. The average Bonchev–Trinajstić information content (AvgIpc) is 2.18. The second-order valence-corrected chi connectivity index (χ2v) is 3.52. The average molecular weight is 178 g/mol. The molecule has 0 aliphatic carbocycles. The molecule has 0 radical (unpaired) electrons. The third kappa shape index (κ3) is 1.40. The van der Waals surface area contributed by atoms with E-state index >= 15 is 0 Å². The zero-order chi connectivity index (χ0) is 9.26. The molecule has 13 heavy (non-hydrogen) atoms. The summed E-state index contributed by atoms with van der Waals surface area (Å²) < 4.78 is 1.85. The molecule has 0 aromatic carbocycles. The number of pyridine rings is 1. The molecule has 0 fully saturated rings. The number of fused-ring (bicyclic) bond motifs is 1. The van der Waals surface area contributed by atoms with Gasteiger partial charge in [-0.15, -0.1) is 0 Å². The molecule has 1 aromatic heterocycles. The second-order valence-electron chi connectivity index (χ2n) is 3.52. The molecule has 0 saturated heterocycles. The molecule has 0 amide bonds. The normalized spacial score (nSPS) is 21.2. The quantitative estimate of drug-likeness (QED) is 0.687. The van der Waals surface area contributed by atoms with E-state index in [1.807, 2.05) is 16.7 Å². The molecule has 2 heterocycles. The SMILES string of the molecule is NCC1CCCn2c1cccc2=O. The van der Waals surface area contributed by atoms with Crippen LogP contribution in [0.15, 0.2) is 23.0 Å². The van der Waals surface area contributed by atoms with Crippen molar-refractivity contribution >= 4 is 0 Å². The summed E-state index contributed by atoms with van der Waals surface area (Å²) in [6.45, 7) is 1.50. The number of hydrogen-bond donors (Lipinski definition) is 1. The first-order valence-electron chi connectivity index (χ1n) is 4.73. The van der Waals surface area contributed by atoms with Crippen molar-refractivity contribution in [1.29, 1.82) is 0 Å². The Hall–Kier alpha value is -1.09. The van der Waals surface area contributed by atoms with E-state index < -0.39 is 0 Å². The number of nitrogens with two attached hydrogens (primary N) is 1. The lowest BCUT2D eigenvalue weighted by Gasteiger charge is -2.25. The Kier molecular flexibility index (Phi) is 2.19. The van der Waals surface area contributed by atoms with Crippen molar-refractivity contribution in [2.75, 3.05) is 6.54 Å². The fourth-order valence-corrected chi connectivity index (χ4v) is 2.01. The van der Waals surface area contributed by atoms with Gasteiger partial charge in [-0.1, -0.05) is 6.07 Å². The highest BCUT2D eigenvalue weighted by atomic mass is 16.1. The van der Waals surface area contributed by atoms with Crippen molar-refractivity contribution in [3.05, 3.63) is 34.2 Å². The van der Waals surface area contributed by atoms with Gasteiger partial charge in [0, 0.05) is 30.8 Å². The highest BCUT2D eigenvalue weighted by Gasteiger charge is 2.18. The van der Waals surface area contributed by atoms with Gasteiger partial charge in [-0.3, -0.25) is 4.79 Å². The molecule has 1 unspecified atom stereocenters. The smallest absolute Gasteiger partial charge is 0.250 e. The van der Waals surface area contributed by atoms with Crippen LogP contribution in [0.1, 0.15) is 24.5 Å². The predicted octanol–water partition coefficient (Wildman–Crippen LogP) is 0.684. The zero-order valence-corrected chi connectivity index (χ0v) is 7.57. The van der Waals surface area contributed by atoms with Gasteiger partial charge in [0.1, 0.15) is 0 Å². The minimum Gasteiger partial charge on any atom is -0.330 e. The highest BCUT2D eigenvalue weighted by molar-refractivity contribution is 5.14. The van der Waals surface area contributed by atoms with E-state index in [1.165, 1.54) is 0 Å². The van der Waals surface area contributed by atoms with Gasteiger partial charge < -0.3 is 10.3 Å². The Morgan fingerprint density at radius 1 is 1.54 bits per heavy atom. The van der Waals surface area contributed by atoms with E-state index in [2.05, 4.69) is 0 Å². The van der Waals surface area contributed by atoms with Crippen molar-refractivity contribution in [2.24, 2.45) is 5.73 Å². The Balaban J connectivity index is 2.51. The fourth-order valence-electron chi connectivity index (χ4n) is 2.01. The number of rotatable bonds is 1. The summed E-state index contributed by atoms with van der Waals surface area (Å²) in [5.41, 5.74) is 6.87.